The molecule has 3 rings (SSSR count). The zero-order chi connectivity index (χ0) is 16.6. The van der Waals surface area contributed by atoms with Gasteiger partial charge in [0.25, 0.3) is 5.56 Å². The number of thioether (sulfide) groups is 1. The zero-order valence-electron chi connectivity index (χ0n) is 13.0. The number of aryl methyl sites for hydroxylation is 1. The Balaban J connectivity index is 2.06. The number of nitrogens with zero attached hydrogens (tertiary/aromatic N) is 3. The summed E-state index contributed by atoms with van der Waals surface area (Å²) >= 11 is 7.49. The summed E-state index contributed by atoms with van der Waals surface area (Å²) in [5.74, 6) is 1.35. The van der Waals surface area contributed by atoms with Gasteiger partial charge in [-0.05, 0) is 39.0 Å². The van der Waals surface area contributed by atoms with Gasteiger partial charge >= 0.3 is 0 Å². The molecule has 0 atom stereocenters. The number of halogens is 1. The lowest BCUT2D eigenvalue weighted by atomic mass is 10.2. The van der Waals surface area contributed by atoms with Crippen LogP contribution < -0.4 is 5.56 Å². The van der Waals surface area contributed by atoms with Crippen LogP contribution in [-0.4, -0.2) is 14.7 Å². The Morgan fingerprint density at radius 2 is 2.13 bits per heavy atom. The maximum atomic E-state index is 12.7. The van der Waals surface area contributed by atoms with Gasteiger partial charge in [-0.15, -0.1) is 0 Å². The molecule has 2 heterocycles. The van der Waals surface area contributed by atoms with Crippen molar-refractivity contribution in [1.29, 1.82) is 0 Å². The normalized spacial score (nSPS) is 11.5. The molecule has 0 N–H and O–H groups in total. The molecule has 23 heavy (non-hydrogen) atoms. The molecule has 7 heteroatoms. The summed E-state index contributed by atoms with van der Waals surface area (Å²) in [7, 11) is 0. The van der Waals surface area contributed by atoms with Crippen LogP contribution in [0.5, 0.6) is 0 Å². The Morgan fingerprint density at radius 3 is 2.78 bits per heavy atom. The first-order valence-electron chi connectivity index (χ1n) is 7.22. The van der Waals surface area contributed by atoms with Gasteiger partial charge in [-0.1, -0.05) is 28.5 Å². The number of hydrogen-bond acceptors (Lipinski definition) is 5. The van der Waals surface area contributed by atoms with Gasteiger partial charge in [0.05, 0.1) is 16.6 Å². The molecule has 0 aliphatic rings. The van der Waals surface area contributed by atoms with E-state index in [-0.39, 0.29) is 11.6 Å². The van der Waals surface area contributed by atoms with E-state index in [9.17, 15) is 4.79 Å². The highest BCUT2D eigenvalue weighted by Crippen LogP contribution is 2.25. The summed E-state index contributed by atoms with van der Waals surface area (Å²) in [5.41, 5.74) is 1.38. The van der Waals surface area contributed by atoms with Crippen molar-refractivity contribution in [3.05, 3.63) is 51.1 Å². The van der Waals surface area contributed by atoms with Crippen molar-refractivity contribution in [2.75, 3.05) is 0 Å². The van der Waals surface area contributed by atoms with E-state index in [2.05, 4.69) is 10.1 Å². The van der Waals surface area contributed by atoms with Gasteiger partial charge in [-0.3, -0.25) is 9.36 Å². The Kier molecular flexibility index (Phi) is 4.46. The third-order valence-corrected chi connectivity index (χ3v) is 4.59. The number of fused-ring (bicyclic) bond motifs is 1. The van der Waals surface area contributed by atoms with Crippen LogP contribution in [-0.2, 0) is 5.75 Å². The molecule has 0 fully saturated rings. The average molecular weight is 350 g/mol. The lowest BCUT2D eigenvalue weighted by Gasteiger charge is -2.15. The first-order chi connectivity index (χ1) is 11.0. The number of hydrogen-bond donors (Lipinski definition) is 0. The molecule has 0 unspecified atom stereocenters. The van der Waals surface area contributed by atoms with Crippen LogP contribution >= 0.6 is 23.4 Å². The summed E-state index contributed by atoms with van der Waals surface area (Å²) < 4.78 is 6.77. The van der Waals surface area contributed by atoms with E-state index < -0.39 is 0 Å². The topological polar surface area (TPSA) is 60.9 Å². The second-order valence-electron chi connectivity index (χ2n) is 5.54. The molecular formula is C16H16ClN3O2S. The van der Waals surface area contributed by atoms with Crippen LogP contribution in [0.25, 0.3) is 10.9 Å². The van der Waals surface area contributed by atoms with Gasteiger partial charge < -0.3 is 4.52 Å². The monoisotopic (exact) mass is 349 g/mol. The fraction of sp³-hybridized carbons (Fsp3) is 0.312. The van der Waals surface area contributed by atoms with E-state index in [1.807, 2.05) is 26.8 Å². The molecule has 0 radical (unpaired) electrons. The first kappa shape index (κ1) is 16.1. The molecule has 5 nitrogen and oxygen atoms in total. The van der Waals surface area contributed by atoms with Gasteiger partial charge in [0.15, 0.2) is 5.16 Å². The number of benzene rings is 1. The van der Waals surface area contributed by atoms with Crippen molar-refractivity contribution in [3.8, 4) is 0 Å². The van der Waals surface area contributed by atoms with Gasteiger partial charge in [-0.2, -0.15) is 0 Å². The summed E-state index contributed by atoms with van der Waals surface area (Å²) in [4.78, 5) is 17.4. The van der Waals surface area contributed by atoms with Crippen LogP contribution in [0, 0.1) is 6.92 Å². The largest absolute Gasteiger partial charge is 0.361 e. The van der Waals surface area contributed by atoms with Crippen LogP contribution in [0.3, 0.4) is 0 Å². The first-order valence-corrected chi connectivity index (χ1v) is 8.59. The second kappa shape index (κ2) is 6.37. The number of aromatic nitrogens is 3. The summed E-state index contributed by atoms with van der Waals surface area (Å²) in [6, 6.07) is 7.04. The van der Waals surface area contributed by atoms with Crippen LogP contribution in [0.15, 0.2) is 38.7 Å². The Morgan fingerprint density at radius 1 is 1.35 bits per heavy atom. The van der Waals surface area contributed by atoms with E-state index in [4.69, 9.17) is 16.1 Å². The molecule has 1 aromatic carbocycles. The molecular weight excluding hydrogens is 334 g/mol. The van der Waals surface area contributed by atoms with Crippen molar-refractivity contribution >= 4 is 34.3 Å². The molecule has 0 spiro atoms. The van der Waals surface area contributed by atoms with Crippen molar-refractivity contribution in [3.63, 3.8) is 0 Å². The average Bonchev–Trinajstić information content (AvgIpc) is 2.90. The van der Waals surface area contributed by atoms with E-state index in [1.54, 1.807) is 22.8 Å². The van der Waals surface area contributed by atoms with Crippen molar-refractivity contribution < 1.29 is 4.52 Å². The van der Waals surface area contributed by atoms with Crippen LogP contribution in [0.4, 0.5) is 0 Å². The van der Waals surface area contributed by atoms with Crippen LogP contribution in [0.1, 0.15) is 31.3 Å². The fourth-order valence-electron chi connectivity index (χ4n) is 2.33. The van der Waals surface area contributed by atoms with Gasteiger partial charge in [0, 0.05) is 22.9 Å². The van der Waals surface area contributed by atoms with E-state index in [1.165, 1.54) is 11.8 Å². The van der Waals surface area contributed by atoms with Crippen molar-refractivity contribution in [2.24, 2.45) is 0 Å². The molecule has 2 aromatic heterocycles. The molecule has 0 amide bonds. The Hall–Kier alpha value is -1.79. The van der Waals surface area contributed by atoms with Crippen LogP contribution in [0.2, 0.25) is 5.02 Å². The molecule has 0 aliphatic carbocycles. The van der Waals surface area contributed by atoms with Gasteiger partial charge in [0.1, 0.15) is 5.76 Å². The molecule has 3 aromatic rings. The van der Waals surface area contributed by atoms with Crippen molar-refractivity contribution in [1.82, 2.24) is 14.7 Å². The lowest BCUT2D eigenvalue weighted by Crippen LogP contribution is -2.25. The highest BCUT2D eigenvalue weighted by atomic mass is 35.5. The van der Waals surface area contributed by atoms with E-state index in [0.717, 1.165) is 11.5 Å². The Bertz CT molecular complexity index is 917. The molecule has 0 aliphatic heterocycles. The maximum absolute atomic E-state index is 12.7. The number of rotatable bonds is 4. The van der Waals surface area contributed by atoms with E-state index in [0.29, 0.717) is 26.8 Å². The predicted octanol–water partition coefficient (Wildman–Crippen LogP) is 4.22. The van der Waals surface area contributed by atoms with Gasteiger partial charge in [-0.25, -0.2) is 4.98 Å². The molecule has 120 valence electrons. The molecule has 0 saturated carbocycles. The quantitative estimate of drug-likeness (QED) is 0.521. The van der Waals surface area contributed by atoms with Crippen molar-refractivity contribution in [2.45, 2.75) is 37.7 Å². The lowest BCUT2D eigenvalue weighted by molar-refractivity contribution is 0.393. The maximum Gasteiger partial charge on any atom is 0.262 e. The zero-order valence-corrected chi connectivity index (χ0v) is 14.6. The third kappa shape index (κ3) is 3.28. The summed E-state index contributed by atoms with van der Waals surface area (Å²) in [5, 5.41) is 5.76. The van der Waals surface area contributed by atoms with Gasteiger partial charge in [0.2, 0.25) is 0 Å². The molecule has 0 bridgehead atoms. The highest BCUT2D eigenvalue weighted by Gasteiger charge is 2.15. The molecule has 0 saturated heterocycles. The minimum atomic E-state index is -0.0551. The predicted molar refractivity (Wildman–Crippen MR) is 92.2 cm³/mol. The minimum Gasteiger partial charge on any atom is -0.361 e. The Labute approximate surface area is 142 Å². The summed E-state index contributed by atoms with van der Waals surface area (Å²) in [6.45, 7) is 5.78. The smallest absolute Gasteiger partial charge is 0.262 e. The standard InChI is InChI=1S/C16H16ClN3O2S/c1-9(2)20-15(21)13-5-4-11(17)7-14(13)18-16(20)23-8-12-6-10(3)22-19-12/h4-7,9H,8H2,1-3H3. The second-order valence-corrected chi connectivity index (χ2v) is 6.92. The fourth-order valence-corrected chi connectivity index (χ4v) is 3.51. The minimum absolute atomic E-state index is 0.0108. The summed E-state index contributed by atoms with van der Waals surface area (Å²) in [6.07, 6.45) is 0. The third-order valence-electron chi connectivity index (χ3n) is 3.37. The SMILES string of the molecule is Cc1cc(CSc2nc3cc(Cl)ccc3c(=O)n2C(C)C)no1. The highest BCUT2D eigenvalue weighted by molar-refractivity contribution is 7.98. The van der Waals surface area contributed by atoms with E-state index >= 15 is 0 Å².